The van der Waals surface area contributed by atoms with E-state index in [2.05, 4.69) is 10.5 Å². The Bertz CT molecular complexity index is 418. The molecule has 0 saturated heterocycles. The Labute approximate surface area is 93.3 Å². The van der Waals surface area contributed by atoms with E-state index in [1.807, 2.05) is 0 Å². The molecule has 82 valence electrons. The zero-order chi connectivity index (χ0) is 11.8. The highest BCUT2D eigenvalue weighted by Gasteiger charge is 1.95. The maximum absolute atomic E-state index is 10.9. The molecule has 0 bridgehead atoms. The number of hydrogen-bond donors (Lipinski definition) is 1. The van der Waals surface area contributed by atoms with Crippen LogP contribution in [0.3, 0.4) is 0 Å². The van der Waals surface area contributed by atoms with Crippen molar-refractivity contribution in [3.8, 4) is 11.8 Å². The number of hydrogen-bond acceptors (Lipinski definition) is 4. The van der Waals surface area contributed by atoms with Gasteiger partial charge in [-0.25, -0.2) is 5.43 Å². The first-order chi connectivity index (χ1) is 7.76. The van der Waals surface area contributed by atoms with E-state index in [1.54, 1.807) is 37.4 Å². The minimum absolute atomic E-state index is 0.194. The minimum Gasteiger partial charge on any atom is -0.497 e. The highest BCUT2D eigenvalue weighted by atomic mass is 16.5. The van der Waals surface area contributed by atoms with Gasteiger partial charge in [0, 0.05) is 0 Å². The van der Waals surface area contributed by atoms with Crippen molar-refractivity contribution < 1.29 is 9.53 Å². The molecular formula is C11H11N3O2. The topological polar surface area (TPSA) is 74.5 Å². The van der Waals surface area contributed by atoms with E-state index in [-0.39, 0.29) is 6.42 Å². The van der Waals surface area contributed by atoms with Crippen LogP contribution >= 0.6 is 0 Å². The summed E-state index contributed by atoms with van der Waals surface area (Å²) in [6.07, 6.45) is 1.30. The molecule has 0 fully saturated rings. The molecule has 1 N–H and O–H groups in total. The molecule has 16 heavy (non-hydrogen) atoms. The predicted molar refractivity (Wildman–Crippen MR) is 59.0 cm³/mol. The number of hydrazone groups is 1. The van der Waals surface area contributed by atoms with Gasteiger partial charge in [-0.05, 0) is 29.8 Å². The van der Waals surface area contributed by atoms with Gasteiger partial charge >= 0.3 is 0 Å². The third-order valence-electron chi connectivity index (χ3n) is 1.76. The molecule has 1 aromatic carbocycles. The van der Waals surface area contributed by atoms with Gasteiger partial charge in [-0.1, -0.05) is 0 Å². The van der Waals surface area contributed by atoms with Crippen LogP contribution in [0.25, 0.3) is 0 Å². The summed E-state index contributed by atoms with van der Waals surface area (Å²) in [5.41, 5.74) is 3.07. The van der Waals surface area contributed by atoms with E-state index in [0.29, 0.717) is 0 Å². The van der Waals surface area contributed by atoms with Gasteiger partial charge in [0.05, 0.1) is 19.4 Å². The number of nitrogens with zero attached hydrogens (tertiary/aromatic N) is 2. The summed E-state index contributed by atoms with van der Waals surface area (Å²) in [4.78, 5) is 10.9. The average Bonchev–Trinajstić information content (AvgIpc) is 2.30. The average molecular weight is 217 g/mol. The van der Waals surface area contributed by atoms with Gasteiger partial charge in [-0.2, -0.15) is 10.4 Å². The number of nitriles is 1. The van der Waals surface area contributed by atoms with Gasteiger partial charge in [0.15, 0.2) is 0 Å². The highest BCUT2D eigenvalue weighted by Crippen LogP contribution is 2.09. The fraction of sp³-hybridized carbons (Fsp3) is 0.182. The first kappa shape index (κ1) is 11.7. The van der Waals surface area contributed by atoms with Crippen LogP contribution in [0.2, 0.25) is 0 Å². The number of amides is 1. The van der Waals surface area contributed by atoms with E-state index in [1.165, 1.54) is 6.21 Å². The van der Waals surface area contributed by atoms with Crippen LogP contribution in [-0.2, 0) is 4.79 Å². The molecule has 0 aliphatic carbocycles. The molecule has 0 atom stereocenters. The molecule has 5 heteroatoms. The largest absolute Gasteiger partial charge is 0.497 e. The molecule has 5 nitrogen and oxygen atoms in total. The van der Waals surface area contributed by atoms with E-state index < -0.39 is 5.91 Å². The minimum atomic E-state index is -0.424. The number of benzene rings is 1. The van der Waals surface area contributed by atoms with Crippen molar-refractivity contribution in [1.29, 1.82) is 5.26 Å². The van der Waals surface area contributed by atoms with Crippen LogP contribution in [0.15, 0.2) is 29.4 Å². The quantitative estimate of drug-likeness (QED) is 0.605. The number of methoxy groups -OCH3 is 1. The fourth-order valence-corrected chi connectivity index (χ4v) is 0.980. The zero-order valence-corrected chi connectivity index (χ0v) is 8.80. The van der Waals surface area contributed by atoms with Crippen LogP contribution in [0.4, 0.5) is 0 Å². The lowest BCUT2D eigenvalue weighted by Crippen LogP contribution is -2.16. The summed E-state index contributed by atoms with van der Waals surface area (Å²) < 4.78 is 4.99. The second-order valence-electron chi connectivity index (χ2n) is 2.90. The van der Waals surface area contributed by atoms with Crippen molar-refractivity contribution in [1.82, 2.24) is 5.43 Å². The Morgan fingerprint density at radius 2 is 2.25 bits per heavy atom. The lowest BCUT2D eigenvalue weighted by atomic mass is 10.2. The van der Waals surface area contributed by atoms with Crippen molar-refractivity contribution in [3.05, 3.63) is 29.8 Å². The molecule has 0 aliphatic heterocycles. The summed E-state index contributed by atoms with van der Waals surface area (Å²) in [5, 5.41) is 11.9. The van der Waals surface area contributed by atoms with Crippen molar-refractivity contribution in [2.75, 3.05) is 7.11 Å². The summed E-state index contributed by atoms with van der Waals surface area (Å²) in [6, 6.07) is 8.92. The first-order valence-electron chi connectivity index (χ1n) is 4.59. The Kier molecular flexibility index (Phi) is 4.54. The highest BCUT2D eigenvalue weighted by molar-refractivity contribution is 5.83. The smallest absolute Gasteiger partial charge is 0.254 e. The van der Waals surface area contributed by atoms with Gasteiger partial charge in [0.1, 0.15) is 12.2 Å². The summed E-state index contributed by atoms with van der Waals surface area (Å²) >= 11 is 0. The standard InChI is InChI=1S/C11H11N3O2/c1-16-10-4-2-9(3-5-10)8-13-14-11(15)6-7-12/h2-5,8H,6H2,1H3,(H,14,15)/b13-8+. The second-order valence-corrected chi connectivity index (χ2v) is 2.90. The van der Waals surface area contributed by atoms with Gasteiger partial charge in [0.25, 0.3) is 5.91 Å². The molecule has 0 saturated carbocycles. The van der Waals surface area contributed by atoms with E-state index in [9.17, 15) is 4.79 Å². The van der Waals surface area contributed by atoms with Crippen LogP contribution in [0, 0.1) is 11.3 Å². The normalized spacial score (nSPS) is 9.75. The van der Waals surface area contributed by atoms with Crippen molar-refractivity contribution in [2.45, 2.75) is 6.42 Å². The molecule has 1 amide bonds. The maximum atomic E-state index is 10.9. The predicted octanol–water partition coefficient (Wildman–Crippen LogP) is 1.06. The van der Waals surface area contributed by atoms with Crippen LogP contribution in [0.5, 0.6) is 5.75 Å². The van der Waals surface area contributed by atoms with Crippen LogP contribution < -0.4 is 10.2 Å². The van der Waals surface area contributed by atoms with Crippen molar-refractivity contribution >= 4 is 12.1 Å². The lowest BCUT2D eigenvalue weighted by Gasteiger charge is -1.98. The molecule has 0 unspecified atom stereocenters. The van der Waals surface area contributed by atoms with Gasteiger partial charge in [0.2, 0.25) is 0 Å². The van der Waals surface area contributed by atoms with Crippen molar-refractivity contribution in [3.63, 3.8) is 0 Å². The van der Waals surface area contributed by atoms with Crippen molar-refractivity contribution in [2.24, 2.45) is 5.10 Å². The summed E-state index contributed by atoms with van der Waals surface area (Å²) in [7, 11) is 1.59. The summed E-state index contributed by atoms with van der Waals surface area (Å²) in [6.45, 7) is 0. The van der Waals surface area contributed by atoms with Crippen LogP contribution in [0.1, 0.15) is 12.0 Å². The van der Waals surface area contributed by atoms with E-state index in [4.69, 9.17) is 10.00 Å². The Morgan fingerprint density at radius 3 is 2.81 bits per heavy atom. The lowest BCUT2D eigenvalue weighted by molar-refractivity contribution is -0.120. The molecule has 1 aromatic rings. The molecule has 0 radical (unpaired) electrons. The number of rotatable bonds is 4. The Hall–Kier alpha value is -2.35. The maximum Gasteiger partial charge on any atom is 0.254 e. The monoisotopic (exact) mass is 217 g/mol. The van der Waals surface area contributed by atoms with Gasteiger partial charge in [-0.15, -0.1) is 0 Å². The molecule has 0 spiro atoms. The molecular weight excluding hydrogens is 206 g/mol. The SMILES string of the molecule is COc1ccc(/C=N/NC(=O)CC#N)cc1. The molecule has 0 aromatic heterocycles. The van der Waals surface area contributed by atoms with Gasteiger partial charge < -0.3 is 4.74 Å². The van der Waals surface area contributed by atoms with E-state index in [0.717, 1.165) is 11.3 Å². The fourth-order valence-electron chi connectivity index (χ4n) is 0.980. The Balaban J connectivity index is 2.50. The second kappa shape index (κ2) is 6.19. The first-order valence-corrected chi connectivity index (χ1v) is 4.59. The molecule has 0 aliphatic rings. The zero-order valence-electron chi connectivity index (χ0n) is 8.80. The number of ether oxygens (including phenoxy) is 1. The van der Waals surface area contributed by atoms with E-state index >= 15 is 0 Å². The number of carbonyl (C=O) groups excluding carboxylic acids is 1. The summed E-state index contributed by atoms with van der Waals surface area (Å²) in [5.74, 6) is 0.331. The van der Waals surface area contributed by atoms with Gasteiger partial charge in [-0.3, -0.25) is 4.79 Å². The third-order valence-corrected chi connectivity index (χ3v) is 1.76. The number of carbonyl (C=O) groups is 1. The molecule has 0 heterocycles. The number of nitrogens with one attached hydrogen (secondary N) is 1. The Morgan fingerprint density at radius 1 is 1.56 bits per heavy atom. The molecule has 1 rings (SSSR count). The third kappa shape index (κ3) is 3.80. The van der Waals surface area contributed by atoms with Crippen LogP contribution in [-0.4, -0.2) is 19.2 Å².